The lowest BCUT2D eigenvalue weighted by atomic mass is 9.43. The van der Waals surface area contributed by atoms with Crippen molar-refractivity contribution in [3.63, 3.8) is 0 Å². The average molecular weight is 665 g/mol. The summed E-state index contributed by atoms with van der Waals surface area (Å²) < 4.78 is 0. The van der Waals surface area contributed by atoms with Crippen LogP contribution in [0.15, 0.2) is 0 Å². The molecular weight excluding hydrogens is 588 g/mol. The summed E-state index contributed by atoms with van der Waals surface area (Å²) in [6.45, 7) is 21.5. The Morgan fingerprint density at radius 1 is 0.562 bits per heavy atom. The van der Waals surface area contributed by atoms with E-state index in [0.717, 1.165) is 60.4 Å². The zero-order chi connectivity index (χ0) is 34.5. The molecule has 4 heteroatoms. The lowest BCUT2D eigenvalue weighted by Gasteiger charge is -2.62. The number of fused-ring (bicyclic) bond motifs is 6. The Morgan fingerprint density at radius 3 is 1.33 bits per heavy atom. The van der Waals surface area contributed by atoms with Crippen molar-refractivity contribution in [3.05, 3.63) is 0 Å². The van der Waals surface area contributed by atoms with Crippen LogP contribution >= 0.6 is 0 Å². The fraction of sp³-hybridized carbons (Fsp3) is 0.955. The molecule has 6 aliphatic rings. The number of nitrogens with one attached hydrogen (secondary N) is 2. The van der Waals surface area contributed by atoms with E-state index in [1.165, 1.54) is 103 Å². The summed E-state index contributed by atoms with van der Waals surface area (Å²) in [7, 11) is 0. The molecule has 0 aromatic heterocycles. The summed E-state index contributed by atoms with van der Waals surface area (Å²) >= 11 is 0. The van der Waals surface area contributed by atoms with Crippen LogP contribution < -0.4 is 10.6 Å². The number of hydrogen-bond acceptors (Lipinski definition) is 2. The smallest absolute Gasteiger partial charge is 0.220 e. The highest BCUT2D eigenvalue weighted by atomic mass is 16.2. The highest BCUT2D eigenvalue weighted by molar-refractivity contribution is 5.83. The molecule has 0 radical (unpaired) electrons. The normalized spacial score (nSPS) is 45.8. The van der Waals surface area contributed by atoms with E-state index >= 15 is 0 Å². The molecule has 0 saturated heterocycles. The molecule has 0 spiro atoms. The van der Waals surface area contributed by atoms with E-state index in [1.807, 2.05) is 0 Å². The van der Waals surface area contributed by atoms with Crippen LogP contribution in [-0.2, 0) is 9.59 Å². The summed E-state index contributed by atoms with van der Waals surface area (Å²) in [5.41, 5.74) is 1.17. The number of amides is 2. The van der Waals surface area contributed by atoms with Gasteiger partial charge in [0.25, 0.3) is 0 Å². The van der Waals surface area contributed by atoms with Crippen LogP contribution in [0.25, 0.3) is 0 Å². The predicted molar refractivity (Wildman–Crippen MR) is 199 cm³/mol. The molecule has 0 aromatic carbocycles. The minimum Gasteiger partial charge on any atom is -0.356 e. The van der Waals surface area contributed by atoms with Gasteiger partial charge in [0.05, 0.1) is 0 Å². The molecule has 2 amide bonds. The molecule has 6 rings (SSSR count). The van der Waals surface area contributed by atoms with Crippen LogP contribution in [0.5, 0.6) is 0 Å². The predicted octanol–water partition coefficient (Wildman–Crippen LogP) is 10.6. The molecule has 274 valence electrons. The summed E-state index contributed by atoms with van der Waals surface area (Å²) in [6.07, 6.45) is 22.3. The quantitative estimate of drug-likeness (QED) is 0.258. The van der Waals surface area contributed by atoms with Crippen LogP contribution in [-0.4, -0.2) is 24.9 Å². The van der Waals surface area contributed by atoms with Gasteiger partial charge in [-0.2, -0.15) is 0 Å². The monoisotopic (exact) mass is 665 g/mol. The highest BCUT2D eigenvalue weighted by Gasteiger charge is 2.58. The number of hydrogen-bond donors (Lipinski definition) is 2. The van der Waals surface area contributed by atoms with E-state index < -0.39 is 0 Å². The Kier molecular flexibility index (Phi) is 10.8. The molecule has 0 bridgehead atoms. The summed E-state index contributed by atoms with van der Waals surface area (Å²) in [6, 6.07) is 0. The molecule has 0 aromatic rings. The van der Waals surface area contributed by atoms with E-state index in [0.29, 0.717) is 35.5 Å². The van der Waals surface area contributed by atoms with Gasteiger partial charge in [-0.05, 0) is 171 Å². The van der Waals surface area contributed by atoms with Crippen molar-refractivity contribution < 1.29 is 9.59 Å². The average Bonchev–Trinajstić information content (AvgIpc) is 3.05. The minimum atomic E-state index is 0.0663. The molecule has 4 nitrogen and oxygen atoms in total. The molecule has 6 fully saturated rings. The second kappa shape index (κ2) is 14.2. The first-order valence-electron chi connectivity index (χ1n) is 21.2. The molecule has 12 atom stereocenters. The first kappa shape index (κ1) is 36.7. The van der Waals surface area contributed by atoms with Gasteiger partial charge in [-0.1, -0.05) is 68.2 Å². The van der Waals surface area contributed by atoms with Crippen molar-refractivity contribution in [2.45, 2.75) is 171 Å². The molecule has 48 heavy (non-hydrogen) atoms. The number of carbonyl (C=O) groups is 2. The Bertz CT molecular complexity index is 1060. The van der Waals surface area contributed by atoms with Crippen molar-refractivity contribution in [3.8, 4) is 0 Å². The van der Waals surface area contributed by atoms with Gasteiger partial charge in [0.2, 0.25) is 11.8 Å². The van der Waals surface area contributed by atoms with Gasteiger partial charge >= 0.3 is 0 Å². The molecule has 0 aliphatic heterocycles. The van der Waals surface area contributed by atoms with Gasteiger partial charge in [-0.3, -0.25) is 9.59 Å². The minimum absolute atomic E-state index is 0.0663. The van der Waals surface area contributed by atoms with Crippen molar-refractivity contribution in [1.82, 2.24) is 10.6 Å². The van der Waals surface area contributed by atoms with E-state index in [2.05, 4.69) is 66.0 Å². The maximum Gasteiger partial charge on any atom is 0.220 e. The van der Waals surface area contributed by atoms with Crippen LogP contribution in [0.3, 0.4) is 0 Å². The molecule has 2 N–H and O–H groups in total. The summed E-state index contributed by atoms with van der Waals surface area (Å²) in [5, 5.41) is 6.73. The van der Waals surface area contributed by atoms with Crippen molar-refractivity contribution >= 4 is 11.8 Å². The van der Waals surface area contributed by atoms with Gasteiger partial charge in [0.15, 0.2) is 0 Å². The van der Waals surface area contributed by atoms with Crippen molar-refractivity contribution in [1.29, 1.82) is 0 Å². The second-order valence-electron chi connectivity index (χ2n) is 20.7. The first-order chi connectivity index (χ1) is 22.7. The first-order valence-corrected chi connectivity index (χ1v) is 21.2. The van der Waals surface area contributed by atoms with E-state index in [1.54, 1.807) is 0 Å². The van der Waals surface area contributed by atoms with Gasteiger partial charge in [0.1, 0.15) is 0 Å². The molecule has 10 unspecified atom stereocenters. The molecule has 6 aliphatic carbocycles. The van der Waals surface area contributed by atoms with Crippen molar-refractivity contribution in [2.24, 2.45) is 80.8 Å². The highest BCUT2D eigenvalue weighted by Crippen LogP contribution is 2.66. The number of rotatable bonds is 9. The van der Waals surface area contributed by atoms with E-state index in [-0.39, 0.29) is 22.6 Å². The third-order valence-corrected chi connectivity index (χ3v) is 17.4. The third kappa shape index (κ3) is 6.92. The summed E-state index contributed by atoms with van der Waals surface area (Å²) in [4.78, 5) is 26.4. The lowest BCUT2D eigenvalue weighted by Crippen LogP contribution is -2.56. The zero-order valence-electron chi connectivity index (χ0n) is 32.7. The van der Waals surface area contributed by atoms with Gasteiger partial charge in [0, 0.05) is 25.9 Å². The summed E-state index contributed by atoms with van der Waals surface area (Å²) in [5.74, 6) is 8.53. The molecular formula is C44H76N2O2. The lowest BCUT2D eigenvalue weighted by molar-refractivity contribution is -0.133. The third-order valence-electron chi connectivity index (χ3n) is 17.4. The van der Waals surface area contributed by atoms with Crippen LogP contribution in [0.2, 0.25) is 0 Å². The fourth-order valence-electron chi connectivity index (χ4n) is 14.7. The maximum atomic E-state index is 13.2. The zero-order valence-corrected chi connectivity index (χ0v) is 32.7. The van der Waals surface area contributed by atoms with Gasteiger partial charge in [-0.15, -0.1) is 0 Å². The standard InChI is InChI=1S/C44H76N2O2/c1-29(2)31-11-15-35-33(25-31)13-17-37-41(5,21-9-23-43(35,37)7)27-45-39(47)19-20-40(48)46-28-42(6)22-10-24-44(8)36-16-12-32(30(3)4)26-34(36)14-18-38(42)44/h29-38H,9-28H2,1-8H3,(H,45,47)(H,46,48)/t31?,32?,33?,34?,35?,36?,37?,38?,41?,42?,43-,44+. The fourth-order valence-corrected chi connectivity index (χ4v) is 14.7. The number of carbonyl (C=O) groups excluding carboxylic acids is 2. The van der Waals surface area contributed by atoms with Crippen LogP contribution in [0.1, 0.15) is 171 Å². The molecule has 6 saturated carbocycles. The van der Waals surface area contributed by atoms with E-state index in [4.69, 9.17) is 0 Å². The van der Waals surface area contributed by atoms with Gasteiger partial charge < -0.3 is 10.6 Å². The Morgan fingerprint density at radius 2 is 0.958 bits per heavy atom. The molecule has 0 heterocycles. The Labute approximate surface area is 296 Å². The van der Waals surface area contributed by atoms with Crippen LogP contribution in [0.4, 0.5) is 0 Å². The largest absolute Gasteiger partial charge is 0.356 e. The van der Waals surface area contributed by atoms with Gasteiger partial charge in [-0.25, -0.2) is 0 Å². The van der Waals surface area contributed by atoms with E-state index in [9.17, 15) is 9.59 Å². The topological polar surface area (TPSA) is 58.2 Å². The second-order valence-corrected chi connectivity index (χ2v) is 20.7. The maximum absolute atomic E-state index is 13.2. The SMILES string of the molecule is CC(C)C1CCC2C(CCC3C(C)(CNC(=O)CCC(=O)NCC4(C)CCC[C@]5(C)C6CCC(C(C)C)CC6CCC45)CCC[C@@]23C)C1. The Balaban J connectivity index is 0.975. The van der Waals surface area contributed by atoms with Crippen LogP contribution in [0, 0.1) is 80.8 Å². The van der Waals surface area contributed by atoms with Crippen molar-refractivity contribution in [2.75, 3.05) is 13.1 Å². The Hall–Kier alpha value is -1.06.